The molecule has 3 atom stereocenters. The van der Waals surface area contributed by atoms with Gasteiger partial charge in [0.1, 0.15) is 0 Å². The third-order valence-corrected chi connectivity index (χ3v) is 5.31. The van der Waals surface area contributed by atoms with Crippen LogP contribution >= 0.6 is 0 Å². The molecule has 0 bridgehead atoms. The first-order chi connectivity index (χ1) is 13.4. The Hall–Kier alpha value is -1.57. The summed E-state index contributed by atoms with van der Waals surface area (Å²) in [6.07, 6.45) is -19.5. The normalized spacial score (nSPS) is 35.0. The summed E-state index contributed by atoms with van der Waals surface area (Å²) in [5.41, 5.74) is -5.21. The van der Waals surface area contributed by atoms with E-state index < -0.39 is 66.4 Å². The Balaban J connectivity index is 2.88. The Morgan fingerprint density at radius 3 is 1.87 bits per heavy atom. The number of carbonyl (C=O) groups is 1. The van der Waals surface area contributed by atoms with Gasteiger partial charge in [-0.2, -0.15) is 43.9 Å². The van der Waals surface area contributed by atoms with E-state index in [-0.39, 0.29) is 25.3 Å². The van der Waals surface area contributed by atoms with Gasteiger partial charge in [-0.15, -0.1) is 0 Å². The molecule has 14 heteroatoms. The molecule has 3 unspecified atom stereocenters. The summed E-state index contributed by atoms with van der Waals surface area (Å²) in [5.74, 6) is -22.7. The molecule has 30 heavy (non-hydrogen) atoms. The van der Waals surface area contributed by atoms with Crippen LogP contribution in [0.1, 0.15) is 32.1 Å². The second-order valence-corrected chi connectivity index (χ2v) is 7.06. The van der Waals surface area contributed by atoms with Crippen molar-refractivity contribution in [3.63, 3.8) is 0 Å². The molecule has 0 aromatic carbocycles. The predicted molar refractivity (Wildman–Crippen MR) is 77.4 cm³/mol. The lowest BCUT2D eigenvalue weighted by Gasteiger charge is -2.58. The van der Waals surface area contributed by atoms with Gasteiger partial charge in [0.15, 0.2) is 6.10 Å². The van der Waals surface area contributed by atoms with Crippen molar-refractivity contribution in [1.82, 2.24) is 0 Å². The first kappa shape index (κ1) is 24.7. The van der Waals surface area contributed by atoms with Crippen molar-refractivity contribution in [3.05, 3.63) is 12.7 Å². The zero-order valence-corrected chi connectivity index (χ0v) is 14.9. The second-order valence-electron chi connectivity index (χ2n) is 7.06. The summed E-state index contributed by atoms with van der Waals surface area (Å²) in [6.45, 7) is 2.63. The average Bonchev–Trinajstić information content (AvgIpc) is 2.61. The fourth-order valence-corrected chi connectivity index (χ4v) is 3.89. The number of aliphatic hydroxyl groups is 1. The summed E-state index contributed by atoms with van der Waals surface area (Å²) in [4.78, 5) is 11.3. The molecule has 4 nitrogen and oxygen atoms in total. The van der Waals surface area contributed by atoms with E-state index in [2.05, 4.69) is 16.1 Å². The Morgan fingerprint density at radius 2 is 1.47 bits per heavy atom. The third-order valence-electron chi connectivity index (χ3n) is 5.31. The maximum atomic E-state index is 14.7. The van der Waals surface area contributed by atoms with Crippen LogP contribution in [0.4, 0.5) is 43.9 Å². The molecule has 2 rings (SSSR count). The van der Waals surface area contributed by atoms with Gasteiger partial charge in [0, 0.05) is 12.0 Å². The van der Waals surface area contributed by atoms with Gasteiger partial charge in [0.2, 0.25) is 5.60 Å². The molecule has 1 N–H and O–H groups in total. The Kier molecular flexibility index (Phi) is 5.96. The number of ether oxygens (including phenoxy) is 2. The highest BCUT2D eigenvalue weighted by Crippen LogP contribution is 2.65. The van der Waals surface area contributed by atoms with Gasteiger partial charge in [-0.1, -0.05) is 25.8 Å². The second kappa shape index (κ2) is 7.24. The molecule has 2 aliphatic rings. The van der Waals surface area contributed by atoms with Crippen LogP contribution in [-0.2, 0) is 14.3 Å². The van der Waals surface area contributed by atoms with Crippen LogP contribution in [0.25, 0.3) is 0 Å². The fraction of sp³-hybridized carbons (Fsp3) is 0.812. The summed E-state index contributed by atoms with van der Waals surface area (Å²) in [6, 6.07) is 0. The van der Waals surface area contributed by atoms with E-state index >= 15 is 0 Å². The van der Waals surface area contributed by atoms with Crippen molar-refractivity contribution in [2.24, 2.45) is 5.92 Å². The Labute approximate surface area is 162 Å². The van der Waals surface area contributed by atoms with Crippen LogP contribution in [0, 0.1) is 5.92 Å². The van der Waals surface area contributed by atoms with Crippen LogP contribution in [0.2, 0.25) is 0 Å². The molecule has 1 aliphatic carbocycles. The number of hydrogen-bond acceptors (Lipinski definition) is 4. The van der Waals surface area contributed by atoms with Crippen LogP contribution in [0.5, 0.6) is 0 Å². The van der Waals surface area contributed by atoms with E-state index in [0.29, 0.717) is 0 Å². The third kappa shape index (κ3) is 3.17. The van der Waals surface area contributed by atoms with Gasteiger partial charge in [0.05, 0.1) is 0 Å². The van der Waals surface area contributed by atoms with Gasteiger partial charge < -0.3 is 14.6 Å². The first-order valence-corrected chi connectivity index (χ1v) is 8.55. The highest BCUT2D eigenvalue weighted by atomic mass is 19.4. The Bertz CT molecular complexity index is 682. The highest BCUT2D eigenvalue weighted by molar-refractivity contribution is 5.81. The number of esters is 1. The van der Waals surface area contributed by atoms with Crippen LogP contribution in [0.3, 0.4) is 0 Å². The summed E-state index contributed by atoms with van der Waals surface area (Å²) in [7, 11) is 0. The van der Waals surface area contributed by atoms with Gasteiger partial charge in [0.25, 0.3) is 0 Å². The quantitative estimate of drug-likeness (QED) is 0.381. The van der Waals surface area contributed by atoms with Gasteiger partial charge >= 0.3 is 36.0 Å². The number of carbonyl (C=O) groups excluding carboxylic acids is 1. The summed E-state index contributed by atoms with van der Waals surface area (Å²) >= 11 is 0. The zero-order valence-electron chi connectivity index (χ0n) is 14.9. The van der Waals surface area contributed by atoms with Gasteiger partial charge in [-0.05, 0) is 12.8 Å². The maximum absolute atomic E-state index is 14.7. The molecule has 0 aromatic rings. The molecule has 174 valence electrons. The predicted octanol–water partition coefficient (Wildman–Crippen LogP) is 4.52. The SMILES string of the molecule is C=CC(=O)OC1(C(F)(F)F)OC(C2CCCCC2)(C(F)(F)F)C(F)(F)C(O)C1(F)F. The zero-order chi connectivity index (χ0) is 23.4. The van der Waals surface area contributed by atoms with Crippen molar-refractivity contribution in [1.29, 1.82) is 0 Å². The highest BCUT2D eigenvalue weighted by Gasteiger charge is 2.93. The smallest absolute Gasteiger partial charge is 0.415 e. The van der Waals surface area contributed by atoms with E-state index in [4.69, 9.17) is 0 Å². The number of rotatable bonds is 3. The minimum atomic E-state index is -6.65. The first-order valence-electron chi connectivity index (χ1n) is 8.55. The molecule has 0 amide bonds. The molecule has 2 fully saturated rings. The number of hydrogen-bond donors (Lipinski definition) is 1. The average molecular weight is 462 g/mol. The molecule has 0 aromatic heterocycles. The number of aliphatic hydroxyl groups excluding tert-OH is 1. The van der Waals surface area contributed by atoms with E-state index in [0.717, 1.165) is 0 Å². The number of alkyl halides is 10. The van der Waals surface area contributed by atoms with E-state index in [1.807, 2.05) is 0 Å². The van der Waals surface area contributed by atoms with E-state index in [1.165, 1.54) is 0 Å². The molecule has 1 saturated carbocycles. The van der Waals surface area contributed by atoms with E-state index in [1.54, 1.807) is 0 Å². The summed E-state index contributed by atoms with van der Waals surface area (Å²) in [5, 5.41) is 9.48. The lowest BCUT2D eigenvalue weighted by Crippen LogP contribution is -2.84. The summed E-state index contributed by atoms with van der Waals surface area (Å²) < 4.78 is 148. The van der Waals surface area contributed by atoms with Crippen LogP contribution < -0.4 is 0 Å². The maximum Gasteiger partial charge on any atom is 0.462 e. The lowest BCUT2D eigenvalue weighted by atomic mass is 9.68. The van der Waals surface area contributed by atoms with Crippen molar-refractivity contribution < 1.29 is 63.3 Å². The lowest BCUT2D eigenvalue weighted by molar-refractivity contribution is -0.545. The van der Waals surface area contributed by atoms with Gasteiger partial charge in [-0.3, -0.25) is 0 Å². The van der Waals surface area contributed by atoms with Crippen molar-refractivity contribution >= 4 is 5.97 Å². The minimum absolute atomic E-state index is 0.109. The van der Waals surface area contributed by atoms with Crippen molar-refractivity contribution in [2.75, 3.05) is 0 Å². The minimum Gasteiger partial charge on any atom is -0.415 e. The van der Waals surface area contributed by atoms with Crippen LogP contribution in [0.15, 0.2) is 12.7 Å². The topological polar surface area (TPSA) is 55.8 Å². The molecule has 0 radical (unpaired) electrons. The van der Waals surface area contributed by atoms with Crippen LogP contribution in [-0.4, -0.2) is 52.8 Å². The van der Waals surface area contributed by atoms with Gasteiger partial charge in [-0.25, -0.2) is 4.79 Å². The fourth-order valence-electron chi connectivity index (χ4n) is 3.89. The van der Waals surface area contributed by atoms with Crippen molar-refractivity contribution in [3.8, 4) is 0 Å². The largest absolute Gasteiger partial charge is 0.462 e. The van der Waals surface area contributed by atoms with E-state index in [9.17, 15) is 53.8 Å². The number of halogens is 10. The molecular weight excluding hydrogens is 446 g/mol. The monoisotopic (exact) mass is 462 g/mol. The molecular formula is C16H16F10O4. The Morgan fingerprint density at radius 1 is 0.967 bits per heavy atom. The molecule has 1 aliphatic heterocycles. The molecule has 1 heterocycles. The molecule has 1 saturated heterocycles. The molecule has 0 spiro atoms. The standard InChI is InChI=1S/C16H16F10O4/c1-2-9(27)29-14(16(24,25)26)13(19,20)10(28)12(17,18)11(30-14,15(21,22)23)8-6-4-3-5-7-8/h2,8,10,28H,1,3-7H2. The van der Waals surface area contributed by atoms with Crippen molar-refractivity contribution in [2.45, 2.75) is 73.8 Å².